The van der Waals surface area contributed by atoms with Crippen LogP contribution in [0.1, 0.15) is 34.1 Å². The molecule has 0 aromatic rings. The first-order chi connectivity index (χ1) is 7.80. The summed E-state index contributed by atoms with van der Waals surface area (Å²) in [6.07, 6.45) is 0.0383. The molecule has 1 atom stereocenters. The predicted octanol–water partition coefficient (Wildman–Crippen LogP) is 0.888. The molecule has 0 spiro atoms. The normalized spacial score (nSPS) is 13.8. The van der Waals surface area contributed by atoms with Crippen molar-refractivity contribution in [3.63, 3.8) is 0 Å². The monoisotopic (exact) mass is 246 g/mol. The van der Waals surface area contributed by atoms with Crippen LogP contribution in [0.2, 0.25) is 0 Å². The molecule has 0 aliphatic rings. The van der Waals surface area contributed by atoms with E-state index in [0.717, 1.165) is 0 Å². The van der Waals surface area contributed by atoms with Crippen molar-refractivity contribution in [2.24, 2.45) is 0 Å². The molecule has 0 bridgehead atoms. The van der Waals surface area contributed by atoms with Gasteiger partial charge in [0.25, 0.3) is 0 Å². The van der Waals surface area contributed by atoms with E-state index in [0.29, 0.717) is 13.0 Å². The maximum atomic E-state index is 11.6. The minimum Gasteiger partial charge on any atom is -0.354 e. The molecule has 0 fully saturated rings. The molecule has 0 heterocycles. The van der Waals surface area contributed by atoms with Crippen molar-refractivity contribution < 1.29 is 14.3 Å². The minimum atomic E-state index is -0.408. The van der Waals surface area contributed by atoms with E-state index in [4.69, 9.17) is 9.47 Å². The number of nitrogens with one attached hydrogen (secondary N) is 2. The van der Waals surface area contributed by atoms with E-state index in [1.807, 2.05) is 6.92 Å². The molecule has 17 heavy (non-hydrogen) atoms. The molecule has 0 aromatic carbocycles. The summed E-state index contributed by atoms with van der Waals surface area (Å²) in [7, 11) is 3.11. The second-order valence-corrected chi connectivity index (χ2v) is 5.12. The number of methoxy groups -OCH3 is 2. The van der Waals surface area contributed by atoms with Crippen molar-refractivity contribution in [1.29, 1.82) is 0 Å². The molecule has 0 saturated heterocycles. The molecule has 2 N–H and O–H groups in total. The summed E-state index contributed by atoms with van der Waals surface area (Å²) in [5.41, 5.74) is 0.0352. The molecule has 0 radical (unpaired) electrons. The fourth-order valence-electron chi connectivity index (χ4n) is 1.45. The third-order valence-corrected chi connectivity index (χ3v) is 2.27. The van der Waals surface area contributed by atoms with E-state index in [1.54, 1.807) is 14.2 Å². The number of hydrogen-bond donors (Lipinski definition) is 2. The predicted molar refractivity (Wildman–Crippen MR) is 67.8 cm³/mol. The first-order valence-corrected chi connectivity index (χ1v) is 5.90. The van der Waals surface area contributed by atoms with Crippen LogP contribution in [0.5, 0.6) is 0 Å². The van der Waals surface area contributed by atoms with E-state index in [1.165, 1.54) is 0 Å². The van der Waals surface area contributed by atoms with Crippen molar-refractivity contribution in [3.8, 4) is 0 Å². The highest BCUT2D eigenvalue weighted by atomic mass is 16.7. The highest BCUT2D eigenvalue weighted by Crippen LogP contribution is 2.00. The van der Waals surface area contributed by atoms with Crippen LogP contribution in [0.15, 0.2) is 0 Å². The summed E-state index contributed by atoms with van der Waals surface area (Å²) in [6, 6.07) is -0.160. The van der Waals surface area contributed by atoms with Gasteiger partial charge in [0.05, 0.1) is 6.04 Å². The van der Waals surface area contributed by atoms with Gasteiger partial charge in [0.15, 0.2) is 6.29 Å². The van der Waals surface area contributed by atoms with Crippen molar-refractivity contribution in [3.05, 3.63) is 0 Å². The third kappa shape index (κ3) is 8.12. The Balaban J connectivity index is 3.86. The average Bonchev–Trinajstić information content (AvgIpc) is 2.17. The number of hydrogen-bond acceptors (Lipinski definition) is 4. The summed E-state index contributed by atoms with van der Waals surface area (Å²) in [4.78, 5) is 11.6. The lowest BCUT2D eigenvalue weighted by atomic mass is 10.1. The standard InChI is InChI=1S/C12H26N2O3/c1-9(11(16-5)17-6)14-10(15)7-8-13-12(2,3)4/h9,11,13H,7-8H2,1-6H3,(H,14,15). The van der Waals surface area contributed by atoms with E-state index >= 15 is 0 Å². The highest BCUT2D eigenvalue weighted by Gasteiger charge is 2.18. The summed E-state index contributed by atoms with van der Waals surface area (Å²) in [5.74, 6) is -0.00616. The van der Waals surface area contributed by atoms with Crippen molar-refractivity contribution in [2.45, 2.75) is 52.0 Å². The fourth-order valence-corrected chi connectivity index (χ4v) is 1.45. The van der Waals surface area contributed by atoms with Gasteiger partial charge in [0.2, 0.25) is 5.91 Å². The number of carbonyl (C=O) groups is 1. The third-order valence-electron chi connectivity index (χ3n) is 2.27. The quantitative estimate of drug-likeness (QED) is 0.655. The largest absolute Gasteiger partial charge is 0.354 e. The summed E-state index contributed by atoms with van der Waals surface area (Å²) in [6.45, 7) is 8.72. The van der Waals surface area contributed by atoms with Gasteiger partial charge >= 0.3 is 0 Å². The Morgan fingerprint density at radius 1 is 1.24 bits per heavy atom. The summed E-state index contributed by atoms with van der Waals surface area (Å²) >= 11 is 0. The van der Waals surface area contributed by atoms with Gasteiger partial charge in [-0.1, -0.05) is 0 Å². The van der Waals surface area contributed by atoms with Gasteiger partial charge in [-0.15, -0.1) is 0 Å². The molecular formula is C12H26N2O3. The highest BCUT2D eigenvalue weighted by molar-refractivity contribution is 5.76. The van der Waals surface area contributed by atoms with Gasteiger partial charge in [0.1, 0.15) is 0 Å². The van der Waals surface area contributed by atoms with E-state index in [-0.39, 0.29) is 17.5 Å². The molecule has 1 unspecified atom stereocenters. The number of carbonyl (C=O) groups excluding carboxylic acids is 1. The molecular weight excluding hydrogens is 220 g/mol. The minimum absolute atomic E-state index is 0.00616. The van der Waals surface area contributed by atoms with Crippen LogP contribution in [-0.4, -0.2) is 44.5 Å². The number of rotatable bonds is 7. The second kappa shape index (κ2) is 7.63. The zero-order valence-corrected chi connectivity index (χ0v) is 11.8. The summed E-state index contributed by atoms with van der Waals surface area (Å²) in [5, 5.41) is 6.10. The Morgan fingerprint density at radius 3 is 2.18 bits per heavy atom. The maximum absolute atomic E-state index is 11.6. The van der Waals surface area contributed by atoms with Gasteiger partial charge in [0, 0.05) is 32.7 Å². The van der Waals surface area contributed by atoms with Gasteiger partial charge < -0.3 is 20.1 Å². The molecule has 5 heteroatoms. The smallest absolute Gasteiger partial charge is 0.221 e. The van der Waals surface area contributed by atoms with Crippen LogP contribution >= 0.6 is 0 Å². The topological polar surface area (TPSA) is 59.6 Å². The molecule has 0 rings (SSSR count). The van der Waals surface area contributed by atoms with Gasteiger partial charge in [-0.25, -0.2) is 0 Å². The first kappa shape index (κ1) is 16.4. The summed E-state index contributed by atoms with van der Waals surface area (Å²) < 4.78 is 10.1. The van der Waals surface area contributed by atoms with E-state index < -0.39 is 6.29 Å². The van der Waals surface area contributed by atoms with Crippen LogP contribution < -0.4 is 10.6 Å². The Kier molecular flexibility index (Phi) is 7.34. The molecule has 1 amide bonds. The molecule has 0 aromatic heterocycles. The zero-order valence-electron chi connectivity index (χ0n) is 11.8. The molecule has 0 aliphatic heterocycles. The molecule has 0 aliphatic carbocycles. The van der Waals surface area contributed by atoms with Crippen LogP contribution in [0.25, 0.3) is 0 Å². The lowest BCUT2D eigenvalue weighted by Crippen LogP contribution is -2.44. The Morgan fingerprint density at radius 2 is 1.76 bits per heavy atom. The zero-order chi connectivity index (χ0) is 13.5. The lowest BCUT2D eigenvalue weighted by Gasteiger charge is -2.23. The van der Waals surface area contributed by atoms with Crippen LogP contribution in [0, 0.1) is 0 Å². The van der Waals surface area contributed by atoms with E-state index in [9.17, 15) is 4.79 Å². The Bertz CT molecular complexity index is 222. The first-order valence-electron chi connectivity index (χ1n) is 5.90. The molecule has 102 valence electrons. The van der Waals surface area contributed by atoms with Crippen LogP contribution in [-0.2, 0) is 14.3 Å². The Hall–Kier alpha value is -0.650. The average molecular weight is 246 g/mol. The van der Waals surface area contributed by atoms with Crippen LogP contribution in [0.4, 0.5) is 0 Å². The fraction of sp³-hybridized carbons (Fsp3) is 0.917. The van der Waals surface area contributed by atoms with E-state index in [2.05, 4.69) is 31.4 Å². The van der Waals surface area contributed by atoms with Gasteiger partial charge in [-0.05, 0) is 27.7 Å². The number of amides is 1. The molecule has 5 nitrogen and oxygen atoms in total. The number of ether oxygens (including phenoxy) is 2. The second-order valence-electron chi connectivity index (χ2n) is 5.12. The van der Waals surface area contributed by atoms with Gasteiger partial charge in [-0.3, -0.25) is 4.79 Å². The SMILES string of the molecule is COC(OC)C(C)NC(=O)CCNC(C)(C)C. The Labute approximate surface area is 104 Å². The molecule has 0 saturated carbocycles. The van der Waals surface area contributed by atoms with Gasteiger partial charge in [-0.2, -0.15) is 0 Å². The van der Waals surface area contributed by atoms with Crippen molar-refractivity contribution in [1.82, 2.24) is 10.6 Å². The van der Waals surface area contributed by atoms with Crippen LogP contribution in [0.3, 0.4) is 0 Å². The van der Waals surface area contributed by atoms with Crippen molar-refractivity contribution >= 4 is 5.91 Å². The lowest BCUT2D eigenvalue weighted by molar-refractivity contribution is -0.135. The van der Waals surface area contributed by atoms with Crippen molar-refractivity contribution in [2.75, 3.05) is 20.8 Å². The maximum Gasteiger partial charge on any atom is 0.221 e.